The molecule has 1 N–H and O–H groups in total. The molecular formula is C34H32Cl2N4O6. The molecule has 46 heavy (non-hydrogen) atoms. The second kappa shape index (κ2) is 14.2. The largest absolute Gasteiger partial charge is 0.496 e. The highest BCUT2D eigenvalue weighted by molar-refractivity contribution is 6.39. The number of aromatic nitrogens is 2. The molecule has 2 aromatic heterocycles. The average molecular weight is 664 g/mol. The minimum absolute atomic E-state index is 0.0119. The fourth-order valence-corrected chi connectivity index (χ4v) is 6.34. The zero-order valence-electron chi connectivity index (χ0n) is 25.5. The van der Waals surface area contributed by atoms with Crippen LogP contribution < -0.4 is 9.47 Å². The van der Waals surface area contributed by atoms with Crippen molar-refractivity contribution in [2.24, 2.45) is 0 Å². The van der Waals surface area contributed by atoms with Crippen LogP contribution in [0.5, 0.6) is 11.6 Å². The number of amides is 2. The molecule has 2 aromatic carbocycles. The Hall–Kier alpha value is -4.67. The number of nitrogens with zero attached hydrogens (tertiary/aromatic N) is 4. The number of carboxylic acid groups (broad SMARTS) is 1. The van der Waals surface area contributed by atoms with Crippen LogP contribution in [-0.4, -0.2) is 76.5 Å². The molecule has 1 aliphatic rings. The standard InChI is InChI=1S/C34H32Cl2N4O6/c1-20(42)39-15-12-24(13-16-39)40(34(43)44)18-22-9-10-28(38-33(22)46-3)27-6-4-5-25(30(27)35)26-11-14-37-32(31(26)36)21-7-8-23(19-41)29(17-21)45-2/h4-11,14,17,19,24H,12-13,15-16,18H2,1-3H3,(H,43,44). The number of methoxy groups -OCH3 is 2. The highest BCUT2D eigenvalue weighted by Crippen LogP contribution is 2.42. The molecular weight excluding hydrogens is 631 g/mol. The van der Waals surface area contributed by atoms with E-state index in [0.717, 1.165) is 6.29 Å². The fraction of sp³-hybridized carbons (Fsp3) is 0.265. The summed E-state index contributed by atoms with van der Waals surface area (Å²) in [6.07, 6.45) is 2.42. The van der Waals surface area contributed by atoms with E-state index in [2.05, 4.69) is 4.98 Å². The fourth-order valence-electron chi connectivity index (χ4n) is 5.69. The first-order chi connectivity index (χ1) is 22.2. The molecule has 0 unspecified atom stereocenters. The van der Waals surface area contributed by atoms with Crippen LogP contribution in [0.25, 0.3) is 33.6 Å². The zero-order chi connectivity index (χ0) is 33.0. The van der Waals surface area contributed by atoms with Gasteiger partial charge < -0.3 is 24.4 Å². The quantitative estimate of drug-likeness (QED) is 0.188. The molecule has 2 amide bonds. The van der Waals surface area contributed by atoms with Crippen molar-refractivity contribution in [3.8, 4) is 45.3 Å². The Morgan fingerprint density at radius 2 is 1.72 bits per heavy atom. The van der Waals surface area contributed by atoms with Gasteiger partial charge in [-0.2, -0.15) is 0 Å². The van der Waals surface area contributed by atoms with Crippen LogP contribution in [0.2, 0.25) is 10.0 Å². The first-order valence-electron chi connectivity index (χ1n) is 14.5. The lowest BCUT2D eigenvalue weighted by Gasteiger charge is -2.37. The Labute approximate surface area is 276 Å². The maximum atomic E-state index is 12.3. The van der Waals surface area contributed by atoms with Crippen LogP contribution >= 0.6 is 23.2 Å². The number of pyridine rings is 2. The van der Waals surface area contributed by atoms with Crippen LogP contribution in [0.15, 0.2) is 60.8 Å². The Kier molecular flexibility index (Phi) is 10.1. The summed E-state index contributed by atoms with van der Waals surface area (Å²) in [4.78, 5) is 47.7. The summed E-state index contributed by atoms with van der Waals surface area (Å²) in [5, 5.41) is 10.8. The maximum Gasteiger partial charge on any atom is 0.407 e. The van der Waals surface area contributed by atoms with Gasteiger partial charge in [0.2, 0.25) is 11.8 Å². The molecule has 1 saturated heterocycles. The van der Waals surface area contributed by atoms with Crippen molar-refractivity contribution in [1.82, 2.24) is 19.8 Å². The third kappa shape index (κ3) is 6.63. The van der Waals surface area contributed by atoms with Crippen LogP contribution in [0, 0.1) is 0 Å². The van der Waals surface area contributed by atoms with Gasteiger partial charge in [-0.15, -0.1) is 0 Å². The number of likely N-dealkylation sites (tertiary alicyclic amines) is 1. The third-order valence-corrected chi connectivity index (χ3v) is 8.95. The summed E-state index contributed by atoms with van der Waals surface area (Å²) in [5.74, 6) is 0.676. The van der Waals surface area contributed by atoms with Gasteiger partial charge in [0.05, 0.1) is 47.8 Å². The van der Waals surface area contributed by atoms with Crippen molar-refractivity contribution >= 4 is 41.5 Å². The van der Waals surface area contributed by atoms with Gasteiger partial charge in [0, 0.05) is 60.1 Å². The van der Waals surface area contributed by atoms with E-state index in [1.165, 1.54) is 26.0 Å². The Morgan fingerprint density at radius 3 is 2.37 bits per heavy atom. The smallest absolute Gasteiger partial charge is 0.407 e. The van der Waals surface area contributed by atoms with Gasteiger partial charge in [0.1, 0.15) is 5.75 Å². The third-order valence-electron chi connectivity index (χ3n) is 8.16. The molecule has 5 rings (SSSR count). The van der Waals surface area contributed by atoms with Crippen LogP contribution in [0.3, 0.4) is 0 Å². The van der Waals surface area contributed by atoms with E-state index in [1.807, 2.05) is 18.2 Å². The lowest BCUT2D eigenvalue weighted by molar-refractivity contribution is -0.130. The molecule has 238 valence electrons. The van der Waals surface area contributed by atoms with Gasteiger partial charge in [-0.25, -0.2) is 9.78 Å². The van der Waals surface area contributed by atoms with Gasteiger partial charge in [-0.1, -0.05) is 47.5 Å². The van der Waals surface area contributed by atoms with Crippen LogP contribution in [0.1, 0.15) is 35.7 Å². The average Bonchev–Trinajstić information content (AvgIpc) is 3.07. The van der Waals surface area contributed by atoms with E-state index in [-0.39, 0.29) is 24.4 Å². The summed E-state index contributed by atoms with van der Waals surface area (Å²) in [6.45, 7) is 2.62. The predicted molar refractivity (Wildman–Crippen MR) is 176 cm³/mol. The van der Waals surface area contributed by atoms with E-state index in [9.17, 15) is 19.5 Å². The van der Waals surface area contributed by atoms with Crippen molar-refractivity contribution in [3.63, 3.8) is 0 Å². The van der Waals surface area contributed by atoms with E-state index >= 15 is 0 Å². The highest BCUT2D eigenvalue weighted by atomic mass is 35.5. The van der Waals surface area contributed by atoms with E-state index in [4.69, 9.17) is 37.7 Å². The second-order valence-corrected chi connectivity index (χ2v) is 11.5. The van der Waals surface area contributed by atoms with E-state index < -0.39 is 6.09 Å². The normalized spacial score (nSPS) is 13.3. The minimum Gasteiger partial charge on any atom is -0.496 e. The molecule has 0 atom stereocenters. The van der Waals surface area contributed by atoms with Gasteiger partial charge in [-0.05, 0) is 43.2 Å². The first kappa shape index (κ1) is 32.7. The van der Waals surface area contributed by atoms with E-state index in [1.54, 1.807) is 47.5 Å². The van der Waals surface area contributed by atoms with Gasteiger partial charge in [0.15, 0.2) is 6.29 Å². The Balaban J connectivity index is 1.45. The number of carbonyl (C=O) groups is 3. The zero-order valence-corrected chi connectivity index (χ0v) is 27.0. The van der Waals surface area contributed by atoms with Crippen molar-refractivity contribution in [2.75, 3.05) is 27.3 Å². The predicted octanol–water partition coefficient (Wildman–Crippen LogP) is 7.11. The topological polar surface area (TPSA) is 122 Å². The van der Waals surface area contributed by atoms with Crippen molar-refractivity contribution < 1.29 is 29.0 Å². The van der Waals surface area contributed by atoms with Gasteiger partial charge in [0.25, 0.3) is 0 Å². The van der Waals surface area contributed by atoms with Crippen LogP contribution in [-0.2, 0) is 11.3 Å². The lowest BCUT2D eigenvalue weighted by Crippen LogP contribution is -2.47. The molecule has 1 aliphatic heterocycles. The monoisotopic (exact) mass is 662 g/mol. The number of hydrogen-bond donors (Lipinski definition) is 1. The molecule has 0 radical (unpaired) electrons. The number of hydrogen-bond acceptors (Lipinski definition) is 7. The van der Waals surface area contributed by atoms with Crippen LogP contribution in [0.4, 0.5) is 4.79 Å². The number of piperidine rings is 1. The number of benzene rings is 2. The van der Waals surface area contributed by atoms with E-state index in [0.29, 0.717) is 86.5 Å². The summed E-state index contributed by atoms with van der Waals surface area (Å²) in [6, 6.07) is 15.7. The lowest BCUT2D eigenvalue weighted by atomic mass is 9.99. The summed E-state index contributed by atoms with van der Waals surface area (Å²) in [7, 11) is 2.97. The molecule has 4 aromatic rings. The number of halogens is 2. The van der Waals surface area contributed by atoms with Crippen molar-refractivity contribution in [3.05, 3.63) is 82.0 Å². The van der Waals surface area contributed by atoms with Crippen molar-refractivity contribution in [1.29, 1.82) is 0 Å². The summed E-state index contributed by atoms with van der Waals surface area (Å²) in [5.41, 5.74) is 4.64. The second-order valence-electron chi connectivity index (χ2n) is 10.8. The molecule has 0 bridgehead atoms. The molecule has 1 fully saturated rings. The maximum absolute atomic E-state index is 12.3. The molecule has 0 aliphatic carbocycles. The number of carbonyl (C=O) groups excluding carboxylic acids is 2. The summed E-state index contributed by atoms with van der Waals surface area (Å²) >= 11 is 13.9. The Morgan fingerprint density at radius 1 is 1.00 bits per heavy atom. The molecule has 12 heteroatoms. The van der Waals surface area contributed by atoms with Gasteiger partial charge >= 0.3 is 6.09 Å². The minimum atomic E-state index is -1.05. The number of rotatable bonds is 9. The Bertz CT molecular complexity index is 1790. The summed E-state index contributed by atoms with van der Waals surface area (Å²) < 4.78 is 11.0. The SMILES string of the molecule is COc1cc(-c2nccc(-c3cccc(-c4ccc(CN(C(=O)O)C5CCN(C(C)=O)CC5)c(OC)n4)c3Cl)c2Cl)ccc1C=O. The molecule has 0 spiro atoms. The first-order valence-corrected chi connectivity index (χ1v) is 15.3. The van der Waals surface area contributed by atoms with Crippen molar-refractivity contribution in [2.45, 2.75) is 32.4 Å². The molecule has 10 nitrogen and oxygen atoms in total. The molecule has 3 heterocycles. The highest BCUT2D eigenvalue weighted by Gasteiger charge is 2.30. The molecule has 0 saturated carbocycles. The number of aldehydes is 1. The van der Waals surface area contributed by atoms with Gasteiger partial charge in [-0.3, -0.25) is 14.6 Å². The number of ether oxygens (including phenoxy) is 2.